The summed E-state index contributed by atoms with van der Waals surface area (Å²) in [7, 11) is 3.60. The van der Waals surface area contributed by atoms with Gasteiger partial charge < -0.3 is 20.1 Å². The Hall–Kier alpha value is -1.75. The summed E-state index contributed by atoms with van der Waals surface area (Å²) in [6, 6.07) is 12.0. The van der Waals surface area contributed by atoms with Crippen molar-refractivity contribution in [2.24, 2.45) is 0 Å². The SMILES string of the molecule is CNCCCNCc1cc(OC)c(OCc2ccccc2C)cc1Cl. The second-order valence-corrected chi connectivity index (χ2v) is 6.35. The maximum atomic E-state index is 6.42. The third-order valence-electron chi connectivity index (χ3n) is 4.07. The molecule has 0 atom stereocenters. The molecule has 0 radical (unpaired) electrons. The van der Waals surface area contributed by atoms with Gasteiger partial charge in [0.15, 0.2) is 11.5 Å². The molecular formula is C20H27ClN2O2. The number of hydrogen-bond donors (Lipinski definition) is 2. The van der Waals surface area contributed by atoms with Gasteiger partial charge in [0.1, 0.15) is 6.61 Å². The fourth-order valence-corrected chi connectivity index (χ4v) is 2.75. The van der Waals surface area contributed by atoms with Crippen molar-refractivity contribution in [1.29, 1.82) is 0 Å². The topological polar surface area (TPSA) is 42.5 Å². The Morgan fingerprint density at radius 3 is 2.56 bits per heavy atom. The van der Waals surface area contributed by atoms with E-state index in [1.165, 1.54) is 5.56 Å². The van der Waals surface area contributed by atoms with Gasteiger partial charge in [-0.15, -0.1) is 0 Å². The van der Waals surface area contributed by atoms with Crippen LogP contribution in [0.1, 0.15) is 23.1 Å². The zero-order valence-corrected chi connectivity index (χ0v) is 16.0. The van der Waals surface area contributed by atoms with Crippen LogP contribution in [0.5, 0.6) is 11.5 Å². The Balaban J connectivity index is 2.01. The van der Waals surface area contributed by atoms with Gasteiger partial charge in [-0.05, 0) is 56.2 Å². The Bertz CT molecular complexity index is 677. The number of methoxy groups -OCH3 is 1. The molecule has 0 unspecified atom stereocenters. The molecule has 0 aliphatic heterocycles. The van der Waals surface area contributed by atoms with Gasteiger partial charge in [-0.3, -0.25) is 0 Å². The Kier molecular flexibility index (Phi) is 8.06. The molecule has 0 aliphatic carbocycles. The summed E-state index contributed by atoms with van der Waals surface area (Å²) >= 11 is 6.42. The first kappa shape index (κ1) is 19.6. The van der Waals surface area contributed by atoms with Crippen molar-refractivity contribution in [3.63, 3.8) is 0 Å². The number of halogens is 1. The van der Waals surface area contributed by atoms with Gasteiger partial charge >= 0.3 is 0 Å². The first-order valence-corrected chi connectivity index (χ1v) is 8.92. The molecule has 2 aromatic rings. The molecule has 2 rings (SSSR count). The number of nitrogens with one attached hydrogen (secondary N) is 2. The molecule has 0 aliphatic rings. The van der Waals surface area contributed by atoms with Crippen LogP contribution in [0.2, 0.25) is 5.02 Å². The van der Waals surface area contributed by atoms with Gasteiger partial charge in [-0.2, -0.15) is 0 Å². The van der Waals surface area contributed by atoms with Crippen molar-refractivity contribution in [3.05, 3.63) is 58.1 Å². The smallest absolute Gasteiger partial charge is 0.163 e. The van der Waals surface area contributed by atoms with Crippen molar-refractivity contribution in [3.8, 4) is 11.5 Å². The fraction of sp³-hybridized carbons (Fsp3) is 0.400. The minimum Gasteiger partial charge on any atom is -0.493 e. The lowest BCUT2D eigenvalue weighted by molar-refractivity contribution is 0.283. The highest BCUT2D eigenvalue weighted by molar-refractivity contribution is 6.31. The van der Waals surface area contributed by atoms with E-state index in [1.807, 2.05) is 31.3 Å². The highest BCUT2D eigenvalue weighted by Gasteiger charge is 2.11. The molecule has 0 fully saturated rings. The lowest BCUT2D eigenvalue weighted by Crippen LogP contribution is -2.19. The summed E-state index contributed by atoms with van der Waals surface area (Å²) in [4.78, 5) is 0. The molecule has 0 aromatic heterocycles. The molecule has 4 nitrogen and oxygen atoms in total. The van der Waals surface area contributed by atoms with Gasteiger partial charge in [0, 0.05) is 17.6 Å². The van der Waals surface area contributed by atoms with Crippen LogP contribution >= 0.6 is 11.6 Å². The van der Waals surface area contributed by atoms with Crippen molar-refractivity contribution in [1.82, 2.24) is 10.6 Å². The zero-order valence-electron chi connectivity index (χ0n) is 15.2. The lowest BCUT2D eigenvalue weighted by atomic mass is 10.1. The van der Waals surface area contributed by atoms with E-state index in [2.05, 4.69) is 29.7 Å². The molecule has 0 spiro atoms. The predicted octanol–water partition coefficient (Wildman–Crippen LogP) is 3.94. The molecule has 0 saturated carbocycles. The van der Waals surface area contributed by atoms with Crippen LogP contribution in [0.15, 0.2) is 36.4 Å². The van der Waals surface area contributed by atoms with Crippen LogP contribution in [0.25, 0.3) is 0 Å². The molecule has 0 saturated heterocycles. The maximum absolute atomic E-state index is 6.42. The van der Waals surface area contributed by atoms with Crippen LogP contribution in [0, 0.1) is 6.92 Å². The third-order valence-corrected chi connectivity index (χ3v) is 4.42. The van der Waals surface area contributed by atoms with Crippen LogP contribution in [0.4, 0.5) is 0 Å². The molecule has 136 valence electrons. The van der Waals surface area contributed by atoms with Crippen LogP contribution in [0.3, 0.4) is 0 Å². The van der Waals surface area contributed by atoms with Crippen LogP contribution in [-0.4, -0.2) is 27.2 Å². The molecule has 25 heavy (non-hydrogen) atoms. The normalized spacial score (nSPS) is 10.7. The average Bonchev–Trinajstić information content (AvgIpc) is 2.62. The number of benzene rings is 2. The Morgan fingerprint density at radius 1 is 1.04 bits per heavy atom. The second kappa shape index (κ2) is 10.3. The van der Waals surface area contributed by atoms with Gasteiger partial charge in [0.2, 0.25) is 0 Å². The molecule has 0 amide bonds. The summed E-state index contributed by atoms with van der Waals surface area (Å²) < 4.78 is 11.4. The number of rotatable bonds is 10. The molecule has 2 N–H and O–H groups in total. The van der Waals surface area contributed by atoms with E-state index >= 15 is 0 Å². The summed E-state index contributed by atoms with van der Waals surface area (Å²) in [6.07, 6.45) is 1.07. The largest absolute Gasteiger partial charge is 0.493 e. The van der Waals surface area contributed by atoms with E-state index in [4.69, 9.17) is 21.1 Å². The Labute approximate surface area is 155 Å². The van der Waals surface area contributed by atoms with E-state index in [9.17, 15) is 0 Å². The first-order chi connectivity index (χ1) is 12.2. The average molecular weight is 363 g/mol. The summed E-state index contributed by atoms with van der Waals surface area (Å²) in [6.45, 7) is 5.20. The van der Waals surface area contributed by atoms with Gasteiger partial charge in [-0.1, -0.05) is 35.9 Å². The van der Waals surface area contributed by atoms with E-state index in [0.717, 1.165) is 30.6 Å². The van der Waals surface area contributed by atoms with Gasteiger partial charge in [0.25, 0.3) is 0 Å². The predicted molar refractivity (Wildman–Crippen MR) is 104 cm³/mol. The summed E-state index contributed by atoms with van der Waals surface area (Å²) in [5.74, 6) is 1.36. The lowest BCUT2D eigenvalue weighted by Gasteiger charge is -2.15. The number of ether oxygens (including phenoxy) is 2. The van der Waals surface area contributed by atoms with Crippen molar-refractivity contribution >= 4 is 11.6 Å². The molecule has 2 aromatic carbocycles. The first-order valence-electron chi connectivity index (χ1n) is 8.54. The van der Waals surface area contributed by atoms with Gasteiger partial charge in [-0.25, -0.2) is 0 Å². The quantitative estimate of drug-likeness (QED) is 0.628. The maximum Gasteiger partial charge on any atom is 0.163 e. The summed E-state index contributed by atoms with van der Waals surface area (Å²) in [5, 5.41) is 7.21. The van der Waals surface area contributed by atoms with Crippen molar-refractivity contribution in [2.75, 3.05) is 27.2 Å². The summed E-state index contributed by atoms with van der Waals surface area (Å²) in [5.41, 5.74) is 3.36. The monoisotopic (exact) mass is 362 g/mol. The number of aryl methyl sites for hydroxylation is 1. The standard InChI is InChI=1S/C20H27ClN2O2/c1-15-7-4-5-8-16(15)14-25-20-12-18(21)17(11-19(20)24-3)13-23-10-6-9-22-2/h4-5,7-8,11-12,22-23H,6,9-10,13-14H2,1-3H3. The van der Waals surface area contributed by atoms with E-state index in [1.54, 1.807) is 7.11 Å². The molecule has 5 heteroatoms. The van der Waals surface area contributed by atoms with E-state index in [-0.39, 0.29) is 0 Å². The highest BCUT2D eigenvalue weighted by Crippen LogP contribution is 2.34. The van der Waals surface area contributed by atoms with Crippen LogP contribution in [-0.2, 0) is 13.2 Å². The minimum absolute atomic E-state index is 0.487. The molecule has 0 bridgehead atoms. The third kappa shape index (κ3) is 5.92. The van der Waals surface area contributed by atoms with Crippen LogP contribution < -0.4 is 20.1 Å². The molecule has 0 heterocycles. The zero-order chi connectivity index (χ0) is 18.1. The van der Waals surface area contributed by atoms with Crippen molar-refractivity contribution < 1.29 is 9.47 Å². The van der Waals surface area contributed by atoms with Gasteiger partial charge in [0.05, 0.1) is 7.11 Å². The van der Waals surface area contributed by atoms with E-state index < -0.39 is 0 Å². The second-order valence-electron chi connectivity index (χ2n) is 5.94. The minimum atomic E-state index is 0.487. The molecular weight excluding hydrogens is 336 g/mol. The van der Waals surface area contributed by atoms with Crippen molar-refractivity contribution in [2.45, 2.75) is 26.5 Å². The fourth-order valence-electron chi connectivity index (χ4n) is 2.53. The van der Waals surface area contributed by atoms with E-state index in [0.29, 0.717) is 29.7 Å². The Morgan fingerprint density at radius 2 is 1.84 bits per heavy atom. The highest BCUT2D eigenvalue weighted by atomic mass is 35.5. The number of hydrogen-bond acceptors (Lipinski definition) is 4.